The molecule has 11 heteroatoms. The number of aromatic nitrogens is 5. The zero-order chi connectivity index (χ0) is 20.6. The fourth-order valence-corrected chi connectivity index (χ4v) is 3.05. The number of nitrogens with zero attached hydrogens (tertiary/aromatic N) is 5. The van der Waals surface area contributed by atoms with Crippen LogP contribution in [-0.2, 0) is 11.0 Å². The van der Waals surface area contributed by atoms with Crippen LogP contribution in [0.3, 0.4) is 0 Å². The molecule has 1 aliphatic heterocycles. The number of rotatable bonds is 3. The van der Waals surface area contributed by atoms with Crippen LogP contribution in [-0.4, -0.2) is 30.6 Å². The van der Waals surface area contributed by atoms with E-state index in [-0.39, 0.29) is 11.5 Å². The van der Waals surface area contributed by atoms with Gasteiger partial charge >= 0.3 is 6.18 Å². The first kappa shape index (κ1) is 18.6. The summed E-state index contributed by atoms with van der Waals surface area (Å²) in [6, 6.07) is 5.65. The first-order valence-corrected chi connectivity index (χ1v) is 8.47. The zero-order valence-corrected chi connectivity index (χ0v) is 15.0. The number of allylic oxidation sites excluding steroid dienone is 1. The summed E-state index contributed by atoms with van der Waals surface area (Å²) in [4.78, 5) is 24.5. The molecule has 8 nitrogen and oxygen atoms in total. The molecule has 0 bridgehead atoms. The van der Waals surface area contributed by atoms with Crippen molar-refractivity contribution in [1.82, 2.24) is 24.7 Å². The van der Waals surface area contributed by atoms with Crippen molar-refractivity contribution in [3.05, 3.63) is 71.7 Å². The van der Waals surface area contributed by atoms with Crippen molar-refractivity contribution in [2.45, 2.75) is 19.1 Å². The van der Waals surface area contributed by atoms with Gasteiger partial charge in [-0.05, 0) is 30.7 Å². The van der Waals surface area contributed by atoms with Crippen LogP contribution in [0.1, 0.15) is 24.4 Å². The van der Waals surface area contributed by atoms with Gasteiger partial charge in [-0.3, -0.25) is 14.8 Å². The SMILES string of the molecule is CC1=C(C(=O)Nc2cccnc2)C(c2cccnc2)n2nc(C(F)(F)F)nc2N1. The Labute approximate surface area is 162 Å². The molecule has 3 aromatic heterocycles. The van der Waals surface area contributed by atoms with Crippen LogP contribution in [0, 0.1) is 0 Å². The second-order valence-corrected chi connectivity index (χ2v) is 6.25. The van der Waals surface area contributed by atoms with Crippen molar-refractivity contribution >= 4 is 17.5 Å². The third-order valence-electron chi connectivity index (χ3n) is 4.27. The number of hydrogen-bond acceptors (Lipinski definition) is 6. The highest BCUT2D eigenvalue weighted by atomic mass is 19.4. The number of anilines is 2. The van der Waals surface area contributed by atoms with Crippen molar-refractivity contribution in [3.8, 4) is 0 Å². The third-order valence-corrected chi connectivity index (χ3v) is 4.27. The highest BCUT2D eigenvalue weighted by Crippen LogP contribution is 2.37. The molecule has 0 aromatic carbocycles. The maximum absolute atomic E-state index is 13.2. The van der Waals surface area contributed by atoms with E-state index in [1.54, 1.807) is 37.4 Å². The average molecular weight is 401 g/mol. The Bertz CT molecular complexity index is 1080. The normalized spacial score (nSPS) is 16.2. The first-order chi connectivity index (χ1) is 13.8. The number of nitrogens with one attached hydrogen (secondary N) is 2. The smallest absolute Gasteiger partial charge is 0.328 e. The van der Waals surface area contributed by atoms with E-state index in [1.165, 1.54) is 18.6 Å². The molecule has 4 heterocycles. The van der Waals surface area contributed by atoms with Crippen LogP contribution in [0.25, 0.3) is 0 Å². The van der Waals surface area contributed by atoms with E-state index >= 15 is 0 Å². The minimum absolute atomic E-state index is 0.110. The maximum atomic E-state index is 13.2. The summed E-state index contributed by atoms with van der Waals surface area (Å²) < 4.78 is 40.5. The molecular weight excluding hydrogens is 387 g/mol. The van der Waals surface area contributed by atoms with Crippen molar-refractivity contribution in [2.75, 3.05) is 10.6 Å². The molecule has 1 unspecified atom stereocenters. The lowest BCUT2D eigenvalue weighted by Gasteiger charge is -2.28. The number of carbonyl (C=O) groups excluding carboxylic acids is 1. The molecule has 1 atom stereocenters. The predicted molar refractivity (Wildman–Crippen MR) is 96.6 cm³/mol. The Hall–Kier alpha value is -3.76. The van der Waals surface area contributed by atoms with Gasteiger partial charge in [0.1, 0.15) is 6.04 Å². The minimum atomic E-state index is -4.72. The lowest BCUT2D eigenvalue weighted by atomic mass is 9.96. The Kier molecular flexibility index (Phi) is 4.49. The molecule has 2 N–H and O–H groups in total. The number of pyridine rings is 2. The van der Waals surface area contributed by atoms with E-state index in [1.807, 2.05) is 0 Å². The van der Waals surface area contributed by atoms with Crippen LogP contribution in [0.2, 0.25) is 0 Å². The molecule has 0 saturated carbocycles. The van der Waals surface area contributed by atoms with Crippen molar-refractivity contribution in [3.63, 3.8) is 0 Å². The number of alkyl halides is 3. The second kappa shape index (κ2) is 7.00. The van der Waals surface area contributed by atoms with Gasteiger partial charge in [-0.25, -0.2) is 4.68 Å². The van der Waals surface area contributed by atoms with Gasteiger partial charge in [0.25, 0.3) is 11.7 Å². The summed E-state index contributed by atoms with van der Waals surface area (Å²) in [7, 11) is 0. The van der Waals surface area contributed by atoms with Crippen LogP contribution in [0.5, 0.6) is 0 Å². The van der Waals surface area contributed by atoms with Gasteiger partial charge < -0.3 is 10.6 Å². The lowest BCUT2D eigenvalue weighted by Crippen LogP contribution is -2.31. The van der Waals surface area contributed by atoms with E-state index < -0.39 is 23.9 Å². The molecule has 0 radical (unpaired) electrons. The number of amides is 1. The molecular formula is C18H14F3N7O. The first-order valence-electron chi connectivity index (χ1n) is 8.47. The lowest BCUT2D eigenvalue weighted by molar-refractivity contribution is -0.145. The Morgan fingerprint density at radius 2 is 1.90 bits per heavy atom. The quantitative estimate of drug-likeness (QED) is 0.700. The Balaban J connectivity index is 1.81. The van der Waals surface area contributed by atoms with Gasteiger partial charge in [0.05, 0.1) is 17.5 Å². The van der Waals surface area contributed by atoms with Crippen LogP contribution >= 0.6 is 0 Å². The second-order valence-electron chi connectivity index (χ2n) is 6.25. The molecule has 0 fully saturated rings. The zero-order valence-electron chi connectivity index (χ0n) is 15.0. The van der Waals surface area contributed by atoms with Gasteiger partial charge in [0.2, 0.25) is 5.95 Å². The fourth-order valence-electron chi connectivity index (χ4n) is 3.05. The Morgan fingerprint density at radius 1 is 1.17 bits per heavy atom. The molecule has 3 aromatic rings. The molecule has 0 aliphatic carbocycles. The van der Waals surface area contributed by atoms with E-state index in [4.69, 9.17) is 0 Å². The standard InChI is InChI=1S/C18H14F3N7O/c1-10-13(15(29)25-12-5-3-7-23-9-12)14(11-4-2-6-22-8-11)28-17(24-10)26-16(27-28)18(19,20)21/h2-9,14H,1H3,(H,25,29)(H,24,26,27). The van der Waals surface area contributed by atoms with Crippen LogP contribution in [0.15, 0.2) is 60.3 Å². The highest BCUT2D eigenvalue weighted by Gasteiger charge is 2.41. The summed E-state index contributed by atoms with van der Waals surface area (Å²) in [5.41, 5.74) is 1.48. The van der Waals surface area contributed by atoms with Crippen LogP contribution < -0.4 is 10.6 Å². The number of hydrogen-bond donors (Lipinski definition) is 2. The number of carbonyl (C=O) groups is 1. The van der Waals surface area contributed by atoms with Gasteiger partial charge in [-0.15, -0.1) is 5.10 Å². The maximum Gasteiger partial charge on any atom is 0.453 e. The van der Waals surface area contributed by atoms with Gasteiger partial charge in [-0.1, -0.05) is 6.07 Å². The topological polar surface area (TPSA) is 97.6 Å². The van der Waals surface area contributed by atoms with E-state index in [2.05, 4.69) is 30.7 Å². The average Bonchev–Trinajstić information content (AvgIpc) is 3.12. The number of halogens is 3. The van der Waals surface area contributed by atoms with Gasteiger partial charge in [0.15, 0.2) is 0 Å². The van der Waals surface area contributed by atoms with E-state index in [0.717, 1.165) is 4.68 Å². The minimum Gasteiger partial charge on any atom is -0.328 e. The molecule has 29 heavy (non-hydrogen) atoms. The summed E-state index contributed by atoms with van der Waals surface area (Å²) in [6.07, 6.45) is 1.30. The Morgan fingerprint density at radius 3 is 2.52 bits per heavy atom. The predicted octanol–water partition coefficient (Wildman–Crippen LogP) is 3.01. The third kappa shape index (κ3) is 3.53. The summed E-state index contributed by atoms with van der Waals surface area (Å²) >= 11 is 0. The van der Waals surface area contributed by atoms with Crippen LogP contribution in [0.4, 0.5) is 24.8 Å². The molecule has 148 valence electrons. The van der Waals surface area contributed by atoms with Gasteiger partial charge in [-0.2, -0.15) is 18.2 Å². The van der Waals surface area contributed by atoms with Gasteiger partial charge in [0, 0.05) is 24.3 Å². The van der Waals surface area contributed by atoms with Crippen molar-refractivity contribution in [2.24, 2.45) is 0 Å². The molecule has 0 saturated heterocycles. The molecule has 0 spiro atoms. The monoisotopic (exact) mass is 401 g/mol. The fraction of sp³-hybridized carbons (Fsp3) is 0.167. The molecule has 4 rings (SSSR count). The van der Waals surface area contributed by atoms with E-state index in [9.17, 15) is 18.0 Å². The highest BCUT2D eigenvalue weighted by molar-refractivity contribution is 6.05. The summed E-state index contributed by atoms with van der Waals surface area (Å²) in [5.74, 6) is -1.91. The number of fused-ring (bicyclic) bond motifs is 1. The summed E-state index contributed by atoms with van der Waals surface area (Å²) in [5, 5.41) is 9.06. The van der Waals surface area contributed by atoms with E-state index in [0.29, 0.717) is 16.9 Å². The summed E-state index contributed by atoms with van der Waals surface area (Å²) in [6.45, 7) is 1.59. The van der Waals surface area contributed by atoms with Crippen molar-refractivity contribution < 1.29 is 18.0 Å². The van der Waals surface area contributed by atoms with Crippen molar-refractivity contribution in [1.29, 1.82) is 0 Å². The molecule has 1 amide bonds. The molecule has 1 aliphatic rings. The largest absolute Gasteiger partial charge is 0.453 e.